The molecule has 0 atom stereocenters. The van der Waals surface area contributed by atoms with Crippen LogP contribution in [0.2, 0.25) is 0 Å². The molecule has 0 heterocycles. The molecule has 0 bridgehead atoms. The molecule has 0 unspecified atom stereocenters. The van der Waals surface area contributed by atoms with E-state index in [1.807, 2.05) is 6.07 Å². The number of hydrogen-bond acceptors (Lipinski definition) is 2. The van der Waals surface area contributed by atoms with Crippen LogP contribution in [-0.2, 0) is 6.54 Å². The Labute approximate surface area is 118 Å². The summed E-state index contributed by atoms with van der Waals surface area (Å²) in [5, 5.41) is 8.90. The Morgan fingerprint density at radius 1 is 1.00 bits per heavy atom. The summed E-state index contributed by atoms with van der Waals surface area (Å²) < 4.78 is 0. The third kappa shape index (κ3) is 7.64. The van der Waals surface area contributed by atoms with Crippen molar-refractivity contribution >= 4 is 0 Å². The van der Waals surface area contributed by atoms with E-state index in [2.05, 4.69) is 42.2 Å². The smallest absolute Gasteiger partial charge is 0.0868 e. The van der Waals surface area contributed by atoms with Crippen molar-refractivity contribution in [1.82, 2.24) is 4.90 Å². The van der Waals surface area contributed by atoms with E-state index in [4.69, 9.17) is 5.26 Å². The summed E-state index contributed by atoms with van der Waals surface area (Å²) in [5.41, 5.74) is 1.30. The van der Waals surface area contributed by atoms with Crippen LogP contribution in [0.1, 0.15) is 51.0 Å². The maximum absolute atomic E-state index is 8.90. The summed E-state index contributed by atoms with van der Waals surface area (Å²) in [4.78, 5) is 2.25. The van der Waals surface area contributed by atoms with Gasteiger partial charge < -0.3 is 0 Å². The normalized spacial score (nSPS) is 10.6. The minimum absolute atomic E-state index is 0.532. The van der Waals surface area contributed by atoms with Crippen molar-refractivity contribution in [3.8, 4) is 6.07 Å². The van der Waals surface area contributed by atoms with E-state index in [-0.39, 0.29) is 0 Å². The molecule has 0 radical (unpaired) electrons. The van der Waals surface area contributed by atoms with Crippen LogP contribution < -0.4 is 0 Å². The Morgan fingerprint density at radius 2 is 1.68 bits per heavy atom. The molecular weight excluding hydrogens is 232 g/mol. The molecule has 1 rings (SSSR count). The van der Waals surface area contributed by atoms with Gasteiger partial charge in [0.2, 0.25) is 0 Å². The number of unbranched alkanes of at least 4 members (excludes halogenated alkanes) is 5. The van der Waals surface area contributed by atoms with Crippen molar-refractivity contribution < 1.29 is 0 Å². The Hall–Kier alpha value is -1.33. The summed E-state index contributed by atoms with van der Waals surface area (Å²) in [6.45, 7) is 4.70. The minimum atomic E-state index is 0.532. The highest BCUT2D eigenvalue weighted by Crippen LogP contribution is 2.08. The van der Waals surface area contributed by atoms with Crippen molar-refractivity contribution in [1.29, 1.82) is 5.26 Å². The lowest BCUT2D eigenvalue weighted by molar-refractivity contribution is 0.289. The zero-order valence-electron chi connectivity index (χ0n) is 12.1. The molecule has 1 aromatic carbocycles. The molecule has 0 aliphatic heterocycles. The second kappa shape index (κ2) is 10.6. The first kappa shape index (κ1) is 15.7. The number of benzene rings is 1. The molecule has 0 aliphatic rings. The van der Waals surface area contributed by atoms with Crippen LogP contribution in [0.25, 0.3) is 0 Å². The second-order valence-electron chi connectivity index (χ2n) is 5.12. The van der Waals surface area contributed by atoms with Gasteiger partial charge in [-0.2, -0.15) is 5.26 Å². The summed E-state index contributed by atoms with van der Waals surface area (Å²) in [6, 6.07) is 12.7. The van der Waals surface area contributed by atoms with E-state index in [0.717, 1.165) is 13.1 Å². The van der Waals surface area contributed by atoms with Crippen LogP contribution in [-0.4, -0.2) is 18.0 Å². The molecule has 2 heteroatoms. The first-order valence-electron chi connectivity index (χ1n) is 7.50. The SMILES string of the molecule is CCCCCCCCN(CC#N)Cc1ccccc1. The molecule has 0 saturated carbocycles. The van der Waals surface area contributed by atoms with Crippen molar-refractivity contribution in [2.24, 2.45) is 0 Å². The molecule has 0 fully saturated rings. The first-order valence-corrected chi connectivity index (χ1v) is 7.50. The number of nitrogens with zero attached hydrogens (tertiary/aromatic N) is 2. The lowest BCUT2D eigenvalue weighted by Crippen LogP contribution is -2.24. The fourth-order valence-corrected chi connectivity index (χ4v) is 2.27. The van der Waals surface area contributed by atoms with E-state index in [1.165, 1.54) is 44.1 Å². The van der Waals surface area contributed by atoms with E-state index in [0.29, 0.717) is 6.54 Å². The molecule has 0 saturated heterocycles. The van der Waals surface area contributed by atoms with Crippen LogP contribution in [0.3, 0.4) is 0 Å². The van der Waals surface area contributed by atoms with Crippen LogP contribution in [0, 0.1) is 11.3 Å². The molecule has 0 spiro atoms. The predicted octanol–water partition coefficient (Wildman–Crippen LogP) is 4.37. The topological polar surface area (TPSA) is 27.0 Å². The van der Waals surface area contributed by atoms with Crippen LogP contribution in [0.4, 0.5) is 0 Å². The molecule has 0 N–H and O–H groups in total. The zero-order valence-corrected chi connectivity index (χ0v) is 12.1. The highest BCUT2D eigenvalue weighted by molar-refractivity contribution is 5.14. The lowest BCUT2D eigenvalue weighted by Gasteiger charge is -2.19. The van der Waals surface area contributed by atoms with Gasteiger partial charge in [0, 0.05) is 6.54 Å². The summed E-state index contributed by atoms with van der Waals surface area (Å²) in [7, 11) is 0. The van der Waals surface area contributed by atoms with Crippen molar-refractivity contribution in [2.75, 3.05) is 13.1 Å². The molecule has 2 nitrogen and oxygen atoms in total. The molecule has 0 aliphatic carbocycles. The highest BCUT2D eigenvalue weighted by atomic mass is 15.1. The van der Waals surface area contributed by atoms with Gasteiger partial charge in [0.05, 0.1) is 12.6 Å². The molecular formula is C17H26N2. The Balaban J connectivity index is 2.23. The number of hydrogen-bond donors (Lipinski definition) is 0. The zero-order chi connectivity index (χ0) is 13.8. The van der Waals surface area contributed by atoms with E-state index < -0.39 is 0 Å². The second-order valence-corrected chi connectivity index (χ2v) is 5.12. The average Bonchev–Trinajstić information content (AvgIpc) is 2.44. The van der Waals surface area contributed by atoms with Crippen LogP contribution >= 0.6 is 0 Å². The quantitative estimate of drug-likeness (QED) is 0.460. The van der Waals surface area contributed by atoms with Gasteiger partial charge in [0.15, 0.2) is 0 Å². The van der Waals surface area contributed by atoms with Gasteiger partial charge in [-0.25, -0.2) is 0 Å². The first-order chi connectivity index (χ1) is 9.36. The molecule has 19 heavy (non-hydrogen) atoms. The van der Waals surface area contributed by atoms with Gasteiger partial charge >= 0.3 is 0 Å². The van der Waals surface area contributed by atoms with Crippen LogP contribution in [0.5, 0.6) is 0 Å². The fourth-order valence-electron chi connectivity index (χ4n) is 2.27. The van der Waals surface area contributed by atoms with Gasteiger partial charge in [-0.3, -0.25) is 4.90 Å². The monoisotopic (exact) mass is 258 g/mol. The molecule has 1 aromatic rings. The number of rotatable bonds is 10. The predicted molar refractivity (Wildman–Crippen MR) is 80.7 cm³/mol. The van der Waals surface area contributed by atoms with Crippen molar-refractivity contribution in [2.45, 2.75) is 52.0 Å². The lowest BCUT2D eigenvalue weighted by atomic mass is 10.1. The van der Waals surface area contributed by atoms with Gasteiger partial charge in [-0.1, -0.05) is 69.4 Å². The van der Waals surface area contributed by atoms with E-state index in [9.17, 15) is 0 Å². The molecule has 0 aromatic heterocycles. The molecule has 0 amide bonds. The summed E-state index contributed by atoms with van der Waals surface area (Å²) in [5.74, 6) is 0. The summed E-state index contributed by atoms with van der Waals surface area (Å²) >= 11 is 0. The maximum atomic E-state index is 8.90. The average molecular weight is 258 g/mol. The largest absolute Gasteiger partial charge is 0.286 e. The van der Waals surface area contributed by atoms with Gasteiger partial charge in [-0.05, 0) is 18.5 Å². The third-order valence-electron chi connectivity index (χ3n) is 3.37. The Morgan fingerprint density at radius 3 is 2.37 bits per heavy atom. The number of nitriles is 1. The Kier molecular flexibility index (Phi) is 8.76. The van der Waals surface area contributed by atoms with E-state index >= 15 is 0 Å². The maximum Gasteiger partial charge on any atom is 0.0868 e. The van der Waals surface area contributed by atoms with Gasteiger partial charge in [0.1, 0.15) is 0 Å². The molecule has 104 valence electrons. The van der Waals surface area contributed by atoms with E-state index in [1.54, 1.807) is 0 Å². The van der Waals surface area contributed by atoms with Crippen LogP contribution in [0.15, 0.2) is 30.3 Å². The minimum Gasteiger partial charge on any atom is -0.286 e. The standard InChI is InChI=1S/C17H26N2/c1-2-3-4-5-6-10-14-19(15-13-18)16-17-11-8-7-9-12-17/h7-9,11-12H,2-6,10,14-16H2,1H3. The Bertz CT molecular complexity index is 353. The summed E-state index contributed by atoms with van der Waals surface area (Å²) in [6.07, 6.45) is 7.84. The third-order valence-corrected chi connectivity index (χ3v) is 3.37. The van der Waals surface area contributed by atoms with Crippen molar-refractivity contribution in [3.05, 3.63) is 35.9 Å². The highest BCUT2D eigenvalue weighted by Gasteiger charge is 2.04. The fraction of sp³-hybridized carbons (Fsp3) is 0.588. The van der Waals surface area contributed by atoms with Gasteiger partial charge in [0.25, 0.3) is 0 Å². The van der Waals surface area contributed by atoms with Crippen molar-refractivity contribution in [3.63, 3.8) is 0 Å². The van der Waals surface area contributed by atoms with Gasteiger partial charge in [-0.15, -0.1) is 0 Å².